The molecule has 1 aliphatic carbocycles. The minimum atomic E-state index is 0.0783. The predicted octanol–water partition coefficient (Wildman–Crippen LogP) is 0.666. The van der Waals surface area contributed by atoms with Crippen molar-refractivity contribution in [2.24, 2.45) is 11.7 Å². The van der Waals surface area contributed by atoms with E-state index in [4.69, 9.17) is 5.73 Å². The molecule has 98 valence electrons. The van der Waals surface area contributed by atoms with Crippen LogP contribution in [0.2, 0.25) is 0 Å². The van der Waals surface area contributed by atoms with Crippen LogP contribution < -0.4 is 5.73 Å². The van der Waals surface area contributed by atoms with Gasteiger partial charge in [0.1, 0.15) is 0 Å². The molecule has 0 aromatic heterocycles. The van der Waals surface area contributed by atoms with Crippen LogP contribution in [0.3, 0.4) is 0 Å². The van der Waals surface area contributed by atoms with Gasteiger partial charge in [0.25, 0.3) is 0 Å². The van der Waals surface area contributed by atoms with E-state index < -0.39 is 0 Å². The molecule has 1 heterocycles. The Hall–Kier alpha value is -0.610. The van der Waals surface area contributed by atoms with Gasteiger partial charge in [0.05, 0.1) is 5.92 Å². The van der Waals surface area contributed by atoms with Crippen molar-refractivity contribution < 1.29 is 4.79 Å². The number of carbonyl (C=O) groups excluding carboxylic acids is 1. The van der Waals surface area contributed by atoms with Gasteiger partial charge in [-0.3, -0.25) is 4.79 Å². The van der Waals surface area contributed by atoms with E-state index in [-0.39, 0.29) is 12.0 Å². The second kappa shape index (κ2) is 5.36. The second-order valence-electron chi connectivity index (χ2n) is 5.70. The molecule has 1 amide bonds. The number of carbonyl (C=O) groups is 1. The van der Waals surface area contributed by atoms with E-state index in [0.717, 1.165) is 38.9 Å². The van der Waals surface area contributed by atoms with E-state index in [1.807, 2.05) is 0 Å². The number of likely N-dealkylation sites (N-methyl/N-ethyl adjacent to an activating group) is 1. The van der Waals surface area contributed by atoms with E-state index in [9.17, 15) is 4.79 Å². The largest absolute Gasteiger partial charge is 0.337 e. The van der Waals surface area contributed by atoms with Crippen molar-refractivity contribution in [1.29, 1.82) is 0 Å². The fourth-order valence-electron chi connectivity index (χ4n) is 3.15. The van der Waals surface area contributed by atoms with E-state index in [0.29, 0.717) is 11.9 Å². The molecule has 4 nitrogen and oxygen atoms in total. The van der Waals surface area contributed by atoms with Crippen LogP contribution in [0.1, 0.15) is 32.6 Å². The molecule has 2 N–H and O–H groups in total. The summed E-state index contributed by atoms with van der Waals surface area (Å²) in [6, 6.07) is 0.415. The van der Waals surface area contributed by atoms with Gasteiger partial charge in [0, 0.05) is 31.7 Å². The summed E-state index contributed by atoms with van der Waals surface area (Å²) in [7, 11) is 2.12. The van der Waals surface area contributed by atoms with Crippen LogP contribution in [-0.2, 0) is 4.79 Å². The van der Waals surface area contributed by atoms with Gasteiger partial charge in [0.2, 0.25) is 5.91 Å². The molecule has 2 fully saturated rings. The van der Waals surface area contributed by atoms with Gasteiger partial charge in [-0.05, 0) is 26.8 Å². The lowest BCUT2D eigenvalue weighted by Crippen LogP contribution is -2.56. The zero-order valence-electron chi connectivity index (χ0n) is 11.1. The number of amides is 1. The number of nitrogens with zero attached hydrogens (tertiary/aromatic N) is 2. The van der Waals surface area contributed by atoms with E-state index in [1.165, 1.54) is 6.42 Å². The third-order valence-electron chi connectivity index (χ3n) is 4.25. The van der Waals surface area contributed by atoms with Crippen LogP contribution in [0.4, 0.5) is 0 Å². The number of nitrogens with two attached hydrogens (primary N) is 1. The number of hydrogen-bond acceptors (Lipinski definition) is 3. The Morgan fingerprint density at radius 3 is 2.59 bits per heavy atom. The molecule has 0 radical (unpaired) electrons. The van der Waals surface area contributed by atoms with Gasteiger partial charge in [0.15, 0.2) is 0 Å². The van der Waals surface area contributed by atoms with Crippen LogP contribution in [0.5, 0.6) is 0 Å². The van der Waals surface area contributed by atoms with Gasteiger partial charge in [-0.2, -0.15) is 0 Å². The first-order valence-corrected chi connectivity index (χ1v) is 6.84. The lowest BCUT2D eigenvalue weighted by atomic mass is 9.83. The summed E-state index contributed by atoms with van der Waals surface area (Å²) in [6.45, 7) is 4.97. The normalized spacial score (nSPS) is 35.9. The van der Waals surface area contributed by atoms with E-state index >= 15 is 0 Å². The quantitative estimate of drug-likeness (QED) is 0.731. The van der Waals surface area contributed by atoms with E-state index in [2.05, 4.69) is 23.8 Å². The van der Waals surface area contributed by atoms with Crippen LogP contribution in [0.25, 0.3) is 0 Å². The lowest BCUT2D eigenvalue weighted by molar-refractivity contribution is -0.141. The first-order chi connectivity index (χ1) is 8.09. The Bertz CT molecular complexity index is 282. The molecule has 1 aliphatic heterocycles. The first-order valence-electron chi connectivity index (χ1n) is 6.84. The average molecular weight is 239 g/mol. The molecule has 0 aromatic rings. The van der Waals surface area contributed by atoms with Gasteiger partial charge in [-0.15, -0.1) is 0 Å². The Balaban J connectivity index is 1.98. The topological polar surface area (TPSA) is 49.6 Å². The molecule has 0 aromatic carbocycles. The Labute approximate surface area is 104 Å². The summed E-state index contributed by atoms with van der Waals surface area (Å²) in [6.07, 6.45) is 4.34. The zero-order chi connectivity index (χ0) is 12.4. The maximum atomic E-state index is 12.5. The van der Waals surface area contributed by atoms with Crippen molar-refractivity contribution in [3.8, 4) is 0 Å². The highest BCUT2D eigenvalue weighted by Gasteiger charge is 2.34. The molecule has 2 aliphatic rings. The lowest BCUT2D eigenvalue weighted by Gasteiger charge is -2.41. The summed E-state index contributed by atoms with van der Waals surface area (Å²) in [5.74, 6) is 0.382. The molecular formula is C13H25N3O. The molecule has 3 unspecified atom stereocenters. The summed E-state index contributed by atoms with van der Waals surface area (Å²) >= 11 is 0. The van der Waals surface area contributed by atoms with Crippen molar-refractivity contribution in [1.82, 2.24) is 9.80 Å². The van der Waals surface area contributed by atoms with Gasteiger partial charge < -0.3 is 15.5 Å². The smallest absolute Gasteiger partial charge is 0.227 e. The summed E-state index contributed by atoms with van der Waals surface area (Å²) in [5.41, 5.74) is 6.10. The monoisotopic (exact) mass is 239 g/mol. The Kier molecular flexibility index (Phi) is 4.05. The highest BCUT2D eigenvalue weighted by molar-refractivity contribution is 5.80. The highest BCUT2D eigenvalue weighted by Crippen LogP contribution is 2.26. The molecule has 3 atom stereocenters. The standard InChI is InChI=1S/C13H25N3O/c1-10-9-15(2)7-8-16(10)13(17)11-5-3-4-6-12(11)14/h10-12H,3-9,14H2,1-2H3. The summed E-state index contributed by atoms with van der Waals surface area (Å²) in [5, 5.41) is 0. The maximum Gasteiger partial charge on any atom is 0.227 e. The summed E-state index contributed by atoms with van der Waals surface area (Å²) < 4.78 is 0. The first kappa shape index (κ1) is 12.8. The molecule has 0 bridgehead atoms. The van der Waals surface area contributed by atoms with Crippen molar-refractivity contribution in [2.75, 3.05) is 26.7 Å². The van der Waals surface area contributed by atoms with Crippen LogP contribution in [0, 0.1) is 5.92 Å². The second-order valence-corrected chi connectivity index (χ2v) is 5.70. The average Bonchev–Trinajstić information content (AvgIpc) is 2.29. The Morgan fingerprint density at radius 2 is 1.94 bits per heavy atom. The van der Waals surface area contributed by atoms with Gasteiger partial charge >= 0.3 is 0 Å². The zero-order valence-corrected chi connectivity index (χ0v) is 11.1. The maximum absolute atomic E-state index is 12.5. The van der Waals surface area contributed by atoms with Gasteiger partial charge in [-0.1, -0.05) is 12.8 Å². The molecular weight excluding hydrogens is 214 g/mol. The molecule has 1 saturated heterocycles. The fourth-order valence-corrected chi connectivity index (χ4v) is 3.15. The van der Waals surface area contributed by atoms with Crippen molar-refractivity contribution in [2.45, 2.75) is 44.7 Å². The van der Waals surface area contributed by atoms with E-state index in [1.54, 1.807) is 0 Å². The van der Waals surface area contributed by atoms with Crippen LogP contribution in [0.15, 0.2) is 0 Å². The van der Waals surface area contributed by atoms with Gasteiger partial charge in [-0.25, -0.2) is 0 Å². The van der Waals surface area contributed by atoms with Crippen molar-refractivity contribution in [3.05, 3.63) is 0 Å². The predicted molar refractivity (Wildman–Crippen MR) is 68.6 cm³/mol. The number of rotatable bonds is 1. The minimum Gasteiger partial charge on any atom is -0.337 e. The number of hydrogen-bond donors (Lipinski definition) is 1. The van der Waals surface area contributed by atoms with Crippen LogP contribution in [-0.4, -0.2) is 54.5 Å². The molecule has 1 saturated carbocycles. The third-order valence-corrected chi connectivity index (χ3v) is 4.25. The molecule has 0 spiro atoms. The summed E-state index contributed by atoms with van der Waals surface area (Å²) in [4.78, 5) is 16.8. The highest BCUT2D eigenvalue weighted by atomic mass is 16.2. The minimum absolute atomic E-state index is 0.0783. The number of piperazine rings is 1. The molecule has 4 heteroatoms. The molecule has 2 rings (SSSR count). The van der Waals surface area contributed by atoms with Crippen molar-refractivity contribution in [3.63, 3.8) is 0 Å². The SMILES string of the molecule is CC1CN(C)CCN1C(=O)C1CCCCC1N. The van der Waals surface area contributed by atoms with Crippen LogP contribution >= 0.6 is 0 Å². The molecule has 17 heavy (non-hydrogen) atoms. The third kappa shape index (κ3) is 2.80. The Morgan fingerprint density at radius 1 is 1.24 bits per heavy atom. The van der Waals surface area contributed by atoms with Crippen molar-refractivity contribution >= 4 is 5.91 Å². The fraction of sp³-hybridized carbons (Fsp3) is 0.923.